The molecule has 1 fully saturated rings. The average molecular weight is 283 g/mol. The van der Waals surface area contributed by atoms with E-state index in [0.717, 1.165) is 19.3 Å². The Morgan fingerprint density at radius 3 is 2.74 bits per heavy atom. The van der Waals surface area contributed by atoms with Crippen molar-refractivity contribution in [3.63, 3.8) is 0 Å². The number of halogens is 1. The van der Waals surface area contributed by atoms with Gasteiger partial charge in [-0.05, 0) is 25.3 Å². The molecule has 102 valence electrons. The predicted molar refractivity (Wildman–Crippen MR) is 72.5 cm³/mol. The van der Waals surface area contributed by atoms with Crippen LogP contribution in [0.25, 0.3) is 0 Å². The van der Waals surface area contributed by atoms with Crippen molar-refractivity contribution in [3.05, 3.63) is 38.9 Å². The Hall–Kier alpha value is -1.62. The number of benzene rings is 1. The fourth-order valence-corrected chi connectivity index (χ4v) is 2.33. The molecule has 0 aliphatic heterocycles. The van der Waals surface area contributed by atoms with E-state index in [0.29, 0.717) is 6.54 Å². The van der Waals surface area contributed by atoms with Crippen LogP contribution in [-0.4, -0.2) is 28.3 Å². The summed E-state index contributed by atoms with van der Waals surface area (Å²) in [5.41, 5.74) is -0.00372. The number of carbonyl (C=O) groups is 1. The van der Waals surface area contributed by atoms with Gasteiger partial charge in [0, 0.05) is 18.7 Å². The van der Waals surface area contributed by atoms with Crippen LogP contribution < -0.4 is 0 Å². The van der Waals surface area contributed by atoms with E-state index in [4.69, 9.17) is 11.6 Å². The van der Waals surface area contributed by atoms with Gasteiger partial charge < -0.3 is 4.90 Å². The highest BCUT2D eigenvalue weighted by atomic mass is 35.5. The molecule has 0 N–H and O–H groups in total. The monoisotopic (exact) mass is 282 g/mol. The third-order valence-electron chi connectivity index (χ3n) is 3.12. The lowest BCUT2D eigenvalue weighted by Gasteiger charge is -2.22. The van der Waals surface area contributed by atoms with E-state index >= 15 is 0 Å². The first-order valence-corrected chi connectivity index (χ1v) is 6.68. The molecule has 0 atom stereocenters. The lowest BCUT2D eigenvalue weighted by atomic mass is 10.1. The van der Waals surface area contributed by atoms with Crippen LogP contribution in [0.4, 0.5) is 5.69 Å². The summed E-state index contributed by atoms with van der Waals surface area (Å²) in [4.78, 5) is 24.5. The van der Waals surface area contributed by atoms with Crippen LogP contribution in [0.1, 0.15) is 36.5 Å². The maximum Gasteiger partial charge on any atom is 0.288 e. The van der Waals surface area contributed by atoms with Crippen molar-refractivity contribution in [2.24, 2.45) is 0 Å². The van der Waals surface area contributed by atoms with E-state index in [1.165, 1.54) is 12.1 Å². The van der Waals surface area contributed by atoms with Crippen LogP contribution in [0.2, 0.25) is 5.02 Å². The molecule has 1 saturated carbocycles. The number of nitrogens with zero attached hydrogens (tertiary/aromatic N) is 2. The summed E-state index contributed by atoms with van der Waals surface area (Å²) in [6, 6.07) is 4.61. The van der Waals surface area contributed by atoms with Crippen molar-refractivity contribution in [2.45, 2.75) is 32.2 Å². The molecule has 2 rings (SSSR count). The molecule has 0 heterocycles. The number of carbonyl (C=O) groups excluding carboxylic acids is 1. The summed E-state index contributed by atoms with van der Waals surface area (Å²) < 4.78 is 0. The number of nitro groups is 1. The molecule has 0 saturated heterocycles. The maximum absolute atomic E-state index is 12.4. The molecule has 0 unspecified atom stereocenters. The van der Waals surface area contributed by atoms with Gasteiger partial charge in [-0.15, -0.1) is 0 Å². The van der Waals surface area contributed by atoms with Gasteiger partial charge in [0.05, 0.1) is 10.5 Å². The Labute approximate surface area is 116 Å². The number of hydrogen-bond acceptors (Lipinski definition) is 3. The van der Waals surface area contributed by atoms with Crippen molar-refractivity contribution in [2.75, 3.05) is 6.54 Å². The highest BCUT2D eigenvalue weighted by Gasteiger charge is 2.34. The van der Waals surface area contributed by atoms with Gasteiger partial charge in [0.15, 0.2) is 0 Å². The Bertz CT molecular complexity index is 515. The van der Waals surface area contributed by atoms with Gasteiger partial charge in [-0.3, -0.25) is 14.9 Å². The van der Waals surface area contributed by atoms with E-state index in [1.807, 2.05) is 6.92 Å². The predicted octanol–water partition coefficient (Wildman–Crippen LogP) is 3.26. The molecule has 6 heteroatoms. The van der Waals surface area contributed by atoms with Crippen LogP contribution >= 0.6 is 11.6 Å². The fourth-order valence-electron chi connectivity index (χ4n) is 2.06. The molecule has 0 radical (unpaired) electrons. The zero-order chi connectivity index (χ0) is 14.0. The summed E-state index contributed by atoms with van der Waals surface area (Å²) in [5.74, 6) is -0.210. The summed E-state index contributed by atoms with van der Waals surface area (Å²) in [6.45, 7) is 2.65. The normalized spacial score (nSPS) is 14.2. The fraction of sp³-hybridized carbons (Fsp3) is 0.462. The van der Waals surface area contributed by atoms with E-state index in [1.54, 1.807) is 11.0 Å². The van der Waals surface area contributed by atoms with Gasteiger partial charge in [0.2, 0.25) is 0 Å². The van der Waals surface area contributed by atoms with Gasteiger partial charge in [-0.1, -0.05) is 24.6 Å². The number of rotatable bonds is 5. The molecule has 5 nitrogen and oxygen atoms in total. The van der Waals surface area contributed by atoms with Gasteiger partial charge >= 0.3 is 0 Å². The topological polar surface area (TPSA) is 63.5 Å². The summed E-state index contributed by atoms with van der Waals surface area (Å²) >= 11 is 5.98. The van der Waals surface area contributed by atoms with Gasteiger partial charge in [0.25, 0.3) is 11.6 Å². The average Bonchev–Trinajstić information content (AvgIpc) is 3.19. The van der Waals surface area contributed by atoms with Crippen LogP contribution in [0, 0.1) is 10.1 Å². The van der Waals surface area contributed by atoms with Gasteiger partial charge in [-0.2, -0.15) is 0 Å². The highest BCUT2D eigenvalue weighted by Crippen LogP contribution is 2.32. The Morgan fingerprint density at radius 1 is 1.53 bits per heavy atom. The third kappa shape index (κ3) is 2.87. The van der Waals surface area contributed by atoms with Crippen LogP contribution in [0.3, 0.4) is 0 Å². The minimum atomic E-state index is -0.569. The second-order valence-electron chi connectivity index (χ2n) is 4.63. The van der Waals surface area contributed by atoms with Gasteiger partial charge in [0.1, 0.15) is 5.02 Å². The second-order valence-corrected chi connectivity index (χ2v) is 5.00. The first kappa shape index (κ1) is 13.8. The second kappa shape index (κ2) is 5.57. The summed E-state index contributed by atoms with van der Waals surface area (Å²) in [7, 11) is 0. The number of hydrogen-bond donors (Lipinski definition) is 0. The zero-order valence-electron chi connectivity index (χ0n) is 10.6. The molecule has 1 aliphatic rings. The van der Waals surface area contributed by atoms with Crippen molar-refractivity contribution >= 4 is 23.2 Å². The quantitative estimate of drug-likeness (QED) is 0.615. The van der Waals surface area contributed by atoms with E-state index in [2.05, 4.69) is 0 Å². The molecule has 1 aliphatic carbocycles. The molecule has 1 aromatic rings. The number of nitro benzene ring substituents is 1. The van der Waals surface area contributed by atoms with Crippen LogP contribution in [-0.2, 0) is 0 Å². The largest absolute Gasteiger partial charge is 0.336 e. The Morgan fingerprint density at radius 2 is 2.21 bits per heavy atom. The Kier molecular flexibility index (Phi) is 4.04. The minimum absolute atomic E-state index is 0.0701. The minimum Gasteiger partial charge on any atom is -0.336 e. The van der Waals surface area contributed by atoms with Crippen molar-refractivity contribution in [3.8, 4) is 0 Å². The zero-order valence-corrected chi connectivity index (χ0v) is 11.4. The molecule has 0 bridgehead atoms. The molecule has 1 amide bonds. The van der Waals surface area contributed by atoms with Crippen molar-refractivity contribution in [1.82, 2.24) is 4.90 Å². The molecule has 0 spiro atoms. The Balaban J connectivity index is 2.32. The van der Waals surface area contributed by atoms with Crippen molar-refractivity contribution in [1.29, 1.82) is 0 Å². The molecular formula is C13H15ClN2O3. The first-order valence-electron chi connectivity index (χ1n) is 6.30. The molecular weight excluding hydrogens is 268 g/mol. The standard InChI is InChI=1S/C13H15ClN2O3/c1-2-8-15(9-6-7-9)13(17)10-4-3-5-11(12(10)14)16(18)19/h3-5,9H,2,6-8H2,1H3. The summed E-state index contributed by atoms with van der Waals surface area (Å²) in [6.07, 6.45) is 2.85. The smallest absolute Gasteiger partial charge is 0.288 e. The lowest BCUT2D eigenvalue weighted by molar-refractivity contribution is -0.384. The molecule has 0 aromatic heterocycles. The summed E-state index contributed by atoms with van der Waals surface area (Å²) in [5, 5.41) is 10.8. The SMILES string of the molecule is CCCN(C(=O)c1cccc([N+](=O)[O-])c1Cl)C1CC1. The molecule has 19 heavy (non-hydrogen) atoms. The first-order chi connectivity index (χ1) is 9.06. The lowest BCUT2D eigenvalue weighted by Crippen LogP contribution is -2.34. The molecule has 1 aromatic carbocycles. The van der Waals surface area contributed by atoms with Crippen LogP contribution in [0.5, 0.6) is 0 Å². The highest BCUT2D eigenvalue weighted by molar-refractivity contribution is 6.35. The van der Waals surface area contributed by atoms with Gasteiger partial charge in [-0.25, -0.2) is 0 Å². The third-order valence-corrected chi connectivity index (χ3v) is 3.52. The van der Waals surface area contributed by atoms with E-state index < -0.39 is 4.92 Å². The van der Waals surface area contributed by atoms with Crippen molar-refractivity contribution < 1.29 is 9.72 Å². The van der Waals surface area contributed by atoms with E-state index in [9.17, 15) is 14.9 Å². The number of amides is 1. The maximum atomic E-state index is 12.4. The van der Waals surface area contributed by atoms with Crippen LogP contribution in [0.15, 0.2) is 18.2 Å². The van der Waals surface area contributed by atoms with E-state index in [-0.39, 0.29) is 28.2 Å².